The molecule has 0 aliphatic carbocycles. The van der Waals surface area contributed by atoms with Crippen LogP contribution in [0.15, 0.2) is 18.2 Å². The van der Waals surface area contributed by atoms with Crippen LogP contribution in [0, 0.1) is 17.1 Å². The molecule has 1 fully saturated rings. The Morgan fingerprint density at radius 2 is 2.25 bits per heavy atom. The number of rotatable bonds is 1. The van der Waals surface area contributed by atoms with E-state index in [1.165, 1.54) is 18.2 Å². The third-order valence-corrected chi connectivity index (χ3v) is 2.84. The van der Waals surface area contributed by atoms with Crippen LogP contribution >= 0.6 is 0 Å². The van der Waals surface area contributed by atoms with Crippen molar-refractivity contribution in [2.75, 3.05) is 18.0 Å². The Labute approximate surface area is 93.1 Å². The molecule has 84 valence electrons. The largest absolute Gasteiger partial charge is 0.367 e. The van der Waals surface area contributed by atoms with Gasteiger partial charge in [0.1, 0.15) is 17.6 Å². The maximum atomic E-state index is 13.7. The zero-order chi connectivity index (χ0) is 11.8. The van der Waals surface area contributed by atoms with Gasteiger partial charge in [0.25, 0.3) is 0 Å². The molecule has 0 N–H and O–H groups in total. The predicted molar refractivity (Wildman–Crippen MR) is 57.5 cm³/mol. The summed E-state index contributed by atoms with van der Waals surface area (Å²) in [7, 11) is 0. The van der Waals surface area contributed by atoms with Gasteiger partial charge < -0.3 is 4.90 Å². The number of nitrogens with zero attached hydrogens (tertiary/aromatic N) is 2. The molecule has 4 heteroatoms. The molecule has 1 aromatic rings. The van der Waals surface area contributed by atoms with E-state index in [1.807, 2.05) is 6.07 Å². The average Bonchev–Trinajstić information content (AvgIpc) is 2.58. The van der Waals surface area contributed by atoms with Crippen LogP contribution in [0.25, 0.3) is 0 Å². The van der Waals surface area contributed by atoms with Crippen molar-refractivity contribution >= 4 is 5.69 Å². The van der Waals surface area contributed by atoms with Crippen molar-refractivity contribution in [3.8, 4) is 6.07 Å². The number of halogens is 2. The van der Waals surface area contributed by atoms with Crippen LogP contribution in [0.1, 0.15) is 18.9 Å². The topological polar surface area (TPSA) is 27.0 Å². The van der Waals surface area contributed by atoms with E-state index >= 15 is 0 Å². The highest BCUT2D eigenvalue weighted by Gasteiger charge is 2.34. The molecular weight excluding hydrogens is 210 g/mol. The van der Waals surface area contributed by atoms with Crippen LogP contribution in [-0.4, -0.2) is 18.8 Å². The Hall–Kier alpha value is -1.63. The lowest BCUT2D eigenvalue weighted by Crippen LogP contribution is -2.26. The summed E-state index contributed by atoms with van der Waals surface area (Å²) in [6.07, 6.45) is 0.440. The molecule has 1 atom stereocenters. The molecule has 0 aromatic heterocycles. The molecule has 2 rings (SSSR count). The zero-order valence-corrected chi connectivity index (χ0v) is 9.00. The minimum absolute atomic E-state index is 0.257. The fourth-order valence-corrected chi connectivity index (χ4v) is 2.00. The Morgan fingerprint density at radius 1 is 1.50 bits per heavy atom. The molecule has 16 heavy (non-hydrogen) atoms. The van der Waals surface area contributed by atoms with Crippen LogP contribution in [0.5, 0.6) is 0 Å². The lowest BCUT2D eigenvalue weighted by atomic mass is 10.1. The van der Waals surface area contributed by atoms with Crippen molar-refractivity contribution in [1.29, 1.82) is 5.26 Å². The van der Waals surface area contributed by atoms with Crippen LogP contribution in [0.3, 0.4) is 0 Å². The Balaban J connectivity index is 2.32. The van der Waals surface area contributed by atoms with E-state index in [0.717, 1.165) is 0 Å². The maximum Gasteiger partial charge on any atom is 0.127 e. The fraction of sp³-hybridized carbons (Fsp3) is 0.417. The number of nitriles is 1. The van der Waals surface area contributed by atoms with Gasteiger partial charge in [-0.05, 0) is 25.1 Å². The summed E-state index contributed by atoms with van der Waals surface area (Å²) in [6, 6.07) is 5.95. The summed E-state index contributed by atoms with van der Waals surface area (Å²) in [4.78, 5) is 1.79. The van der Waals surface area contributed by atoms with E-state index in [-0.39, 0.29) is 12.1 Å². The van der Waals surface area contributed by atoms with E-state index < -0.39 is 11.5 Å². The number of benzene rings is 1. The first kappa shape index (κ1) is 10.9. The molecule has 2 nitrogen and oxygen atoms in total. The summed E-state index contributed by atoms with van der Waals surface area (Å²) in [5, 5.41) is 8.90. The van der Waals surface area contributed by atoms with Gasteiger partial charge in [-0.3, -0.25) is 0 Å². The first-order valence-corrected chi connectivity index (χ1v) is 5.15. The summed E-state index contributed by atoms with van der Waals surface area (Å²) in [5.41, 5.74) is -0.343. The quantitative estimate of drug-likeness (QED) is 0.730. The summed E-state index contributed by atoms with van der Waals surface area (Å²) >= 11 is 0. The molecule has 0 spiro atoms. The van der Waals surface area contributed by atoms with E-state index in [9.17, 15) is 8.78 Å². The maximum absolute atomic E-state index is 13.7. The Kier molecular flexibility index (Phi) is 2.55. The number of hydrogen-bond acceptors (Lipinski definition) is 2. The Morgan fingerprint density at radius 3 is 2.81 bits per heavy atom. The van der Waals surface area contributed by atoms with Crippen LogP contribution < -0.4 is 4.90 Å². The van der Waals surface area contributed by atoms with Gasteiger partial charge in [0.05, 0.1) is 17.8 Å². The molecule has 1 heterocycles. The van der Waals surface area contributed by atoms with Crippen molar-refractivity contribution in [3.63, 3.8) is 0 Å². The van der Waals surface area contributed by atoms with E-state index in [1.54, 1.807) is 11.8 Å². The molecule has 1 aliphatic rings. The van der Waals surface area contributed by atoms with E-state index in [2.05, 4.69) is 0 Å². The van der Waals surface area contributed by atoms with Gasteiger partial charge in [0.2, 0.25) is 0 Å². The molecule has 1 aliphatic heterocycles. The van der Waals surface area contributed by atoms with Gasteiger partial charge in [-0.2, -0.15) is 5.26 Å². The first-order chi connectivity index (χ1) is 7.52. The van der Waals surface area contributed by atoms with Crippen molar-refractivity contribution in [3.05, 3.63) is 29.6 Å². The summed E-state index contributed by atoms with van der Waals surface area (Å²) < 4.78 is 26.6. The molecule has 0 amide bonds. The van der Waals surface area contributed by atoms with Crippen molar-refractivity contribution in [2.24, 2.45) is 0 Å². The molecule has 0 bridgehead atoms. The van der Waals surface area contributed by atoms with Crippen LogP contribution in [0.2, 0.25) is 0 Å². The normalized spacial score (nSPS) is 24.5. The smallest absolute Gasteiger partial charge is 0.127 e. The van der Waals surface area contributed by atoms with E-state index in [0.29, 0.717) is 18.7 Å². The standard InChI is InChI=1S/C12H12F2N2/c1-12(14)4-5-16(8-12)11-3-2-10(13)6-9(11)7-15/h2-3,6H,4-5,8H2,1H3/t12-/m1/s1. The summed E-state index contributed by atoms with van der Waals surface area (Å²) in [5.74, 6) is -0.442. The lowest BCUT2D eigenvalue weighted by Gasteiger charge is -2.20. The second-order valence-electron chi connectivity index (χ2n) is 4.36. The minimum Gasteiger partial charge on any atom is -0.367 e. The van der Waals surface area contributed by atoms with Gasteiger partial charge in [0, 0.05) is 13.0 Å². The zero-order valence-electron chi connectivity index (χ0n) is 9.00. The lowest BCUT2D eigenvalue weighted by molar-refractivity contribution is 0.221. The highest BCUT2D eigenvalue weighted by atomic mass is 19.1. The van der Waals surface area contributed by atoms with Crippen LogP contribution in [0.4, 0.5) is 14.5 Å². The molecule has 0 unspecified atom stereocenters. The third kappa shape index (κ3) is 1.99. The van der Waals surface area contributed by atoms with Crippen molar-refractivity contribution in [1.82, 2.24) is 0 Å². The minimum atomic E-state index is -1.22. The first-order valence-electron chi connectivity index (χ1n) is 5.15. The molecule has 0 radical (unpaired) electrons. The second-order valence-corrected chi connectivity index (χ2v) is 4.36. The van der Waals surface area contributed by atoms with Crippen molar-refractivity contribution < 1.29 is 8.78 Å². The number of anilines is 1. The van der Waals surface area contributed by atoms with Gasteiger partial charge in [0.15, 0.2) is 0 Å². The number of alkyl halides is 1. The predicted octanol–water partition coefficient (Wildman–Crippen LogP) is 2.64. The highest BCUT2D eigenvalue weighted by molar-refractivity contribution is 5.60. The Bertz CT molecular complexity index is 449. The van der Waals surface area contributed by atoms with Crippen LogP contribution in [-0.2, 0) is 0 Å². The van der Waals surface area contributed by atoms with Gasteiger partial charge in [-0.15, -0.1) is 0 Å². The van der Waals surface area contributed by atoms with Crippen molar-refractivity contribution in [2.45, 2.75) is 19.0 Å². The monoisotopic (exact) mass is 222 g/mol. The fourth-order valence-electron chi connectivity index (χ4n) is 2.00. The highest BCUT2D eigenvalue weighted by Crippen LogP contribution is 2.31. The molecule has 1 aromatic carbocycles. The SMILES string of the molecule is C[C@@]1(F)CCN(c2ccc(F)cc2C#N)C1. The third-order valence-electron chi connectivity index (χ3n) is 2.84. The molecule has 1 saturated heterocycles. The van der Waals surface area contributed by atoms with Gasteiger partial charge in [-0.25, -0.2) is 8.78 Å². The van der Waals surface area contributed by atoms with E-state index in [4.69, 9.17) is 5.26 Å². The van der Waals surface area contributed by atoms with Gasteiger partial charge >= 0.3 is 0 Å². The van der Waals surface area contributed by atoms with Gasteiger partial charge in [-0.1, -0.05) is 0 Å². The summed E-state index contributed by atoms with van der Waals surface area (Å²) in [6.45, 7) is 2.36. The number of hydrogen-bond donors (Lipinski definition) is 0. The second kappa shape index (κ2) is 3.75. The molecular formula is C12H12F2N2. The molecule has 0 saturated carbocycles. The average molecular weight is 222 g/mol.